The Hall–Kier alpha value is -1.75. The number of hydrogen-bond donors (Lipinski definition) is 4. The van der Waals surface area contributed by atoms with Crippen molar-refractivity contribution < 1.29 is 15.0 Å². The smallest absolute Gasteiger partial charge is 0.287 e. The Bertz CT molecular complexity index is 779. The number of anilines is 1. The van der Waals surface area contributed by atoms with E-state index in [1.807, 2.05) is 11.8 Å². The molecule has 11 heteroatoms. The summed E-state index contributed by atoms with van der Waals surface area (Å²) in [5.41, 5.74) is 0.706. The van der Waals surface area contributed by atoms with Crippen LogP contribution < -0.4 is 10.2 Å². The maximum Gasteiger partial charge on any atom is 0.287 e. The van der Waals surface area contributed by atoms with Crippen LogP contribution in [0.1, 0.15) is 47.7 Å². The molecule has 2 aromatic heterocycles. The van der Waals surface area contributed by atoms with Crippen LogP contribution in [-0.4, -0.2) is 61.5 Å². The number of aromatic nitrogens is 4. The molecule has 1 aliphatic rings. The van der Waals surface area contributed by atoms with Crippen molar-refractivity contribution in [2.24, 2.45) is 0 Å². The molecule has 3 heterocycles. The topological polar surface area (TPSA) is 127 Å². The van der Waals surface area contributed by atoms with Crippen molar-refractivity contribution in [3.05, 3.63) is 21.7 Å². The number of piperidine rings is 1. The first-order valence-corrected chi connectivity index (χ1v) is 9.58. The van der Waals surface area contributed by atoms with E-state index in [4.69, 9.17) is 11.6 Å². The zero-order valence-electron chi connectivity index (χ0n) is 14.4. The average molecular weight is 401 g/mol. The second-order valence-corrected chi connectivity index (χ2v) is 7.53. The van der Waals surface area contributed by atoms with Crippen molar-refractivity contribution in [1.82, 2.24) is 25.5 Å². The lowest BCUT2D eigenvalue weighted by molar-refractivity contribution is 0.0790. The van der Waals surface area contributed by atoms with Gasteiger partial charge in [0.15, 0.2) is 11.0 Å². The number of hydrogen-bond acceptors (Lipinski definition) is 8. The summed E-state index contributed by atoms with van der Waals surface area (Å²) >= 11 is 7.26. The monoisotopic (exact) mass is 400 g/mol. The first-order valence-electron chi connectivity index (χ1n) is 8.38. The largest absolute Gasteiger partial charge is 0.389 e. The molecule has 3 atom stereocenters. The quantitative estimate of drug-likeness (QED) is 0.587. The number of aliphatic hydroxyl groups excluding tert-OH is 2. The highest BCUT2D eigenvalue weighted by atomic mass is 35.5. The summed E-state index contributed by atoms with van der Waals surface area (Å²) in [6.45, 7) is 4.47. The molecular formula is C15H21ClN6O3S. The van der Waals surface area contributed by atoms with E-state index in [1.54, 1.807) is 6.92 Å². The molecule has 0 aliphatic carbocycles. The second-order valence-electron chi connectivity index (χ2n) is 6.19. The van der Waals surface area contributed by atoms with Gasteiger partial charge in [0.25, 0.3) is 5.91 Å². The number of imidazole rings is 1. The lowest BCUT2D eigenvalue weighted by atomic mass is 10.0. The zero-order chi connectivity index (χ0) is 18.8. The number of aromatic amines is 1. The maximum absolute atomic E-state index is 12.3. The fraction of sp³-hybridized carbons (Fsp3) is 0.600. The molecule has 0 spiro atoms. The van der Waals surface area contributed by atoms with Crippen LogP contribution in [0.3, 0.4) is 0 Å². The Kier molecular flexibility index (Phi) is 5.76. The van der Waals surface area contributed by atoms with Crippen molar-refractivity contribution in [3.63, 3.8) is 0 Å². The number of aliphatic hydroxyl groups is 2. The number of carbonyl (C=O) groups excluding carboxylic acids is 1. The van der Waals surface area contributed by atoms with Gasteiger partial charge in [-0.3, -0.25) is 4.79 Å². The Morgan fingerprint density at radius 1 is 1.54 bits per heavy atom. The standard InChI is InChI=1S/C15H21ClN6O3S/c1-3-8-11(16)19-12(17-8)13(25)18-9-4-5-22(6-10(9)24)15-21-20-14(26-15)7(2)23/h7,9-10,23-24H,3-6H2,1-2H3,(H,17,19)(H,18,25)/t7-,9+,10-/m0/s1. The van der Waals surface area contributed by atoms with Gasteiger partial charge in [-0.25, -0.2) is 4.98 Å². The summed E-state index contributed by atoms with van der Waals surface area (Å²) in [7, 11) is 0. The van der Waals surface area contributed by atoms with E-state index < -0.39 is 24.2 Å². The van der Waals surface area contributed by atoms with Gasteiger partial charge in [-0.15, -0.1) is 10.2 Å². The Balaban J connectivity index is 1.60. The SMILES string of the molecule is CCc1[nH]c(C(=O)N[C@@H]2CCN(c3nnc([C@H](C)O)s3)C[C@@H]2O)nc1Cl. The molecule has 0 radical (unpaired) electrons. The maximum atomic E-state index is 12.3. The van der Waals surface area contributed by atoms with E-state index in [1.165, 1.54) is 11.3 Å². The predicted molar refractivity (Wildman–Crippen MR) is 97.6 cm³/mol. The van der Waals surface area contributed by atoms with Gasteiger partial charge in [0.05, 0.1) is 17.8 Å². The summed E-state index contributed by atoms with van der Waals surface area (Å²) in [4.78, 5) is 21.1. The van der Waals surface area contributed by atoms with Gasteiger partial charge < -0.3 is 25.4 Å². The second kappa shape index (κ2) is 7.87. The predicted octanol–water partition coefficient (Wildman–Crippen LogP) is 0.900. The zero-order valence-corrected chi connectivity index (χ0v) is 16.0. The number of halogens is 1. The number of aryl methyl sites for hydroxylation is 1. The minimum atomic E-state index is -0.761. The Morgan fingerprint density at radius 3 is 2.88 bits per heavy atom. The summed E-state index contributed by atoms with van der Waals surface area (Å²) in [5, 5.41) is 32.2. The molecule has 3 rings (SSSR count). The Labute approximate surface area is 159 Å². The molecule has 1 saturated heterocycles. The molecule has 0 bridgehead atoms. The van der Waals surface area contributed by atoms with Gasteiger partial charge >= 0.3 is 0 Å². The van der Waals surface area contributed by atoms with Crippen molar-refractivity contribution in [2.45, 2.75) is 44.9 Å². The fourth-order valence-electron chi connectivity index (χ4n) is 2.76. The highest BCUT2D eigenvalue weighted by molar-refractivity contribution is 7.15. The fourth-order valence-corrected chi connectivity index (χ4v) is 3.84. The molecule has 26 heavy (non-hydrogen) atoms. The summed E-state index contributed by atoms with van der Waals surface area (Å²) < 4.78 is 0. The lowest BCUT2D eigenvalue weighted by Crippen LogP contribution is -2.54. The summed E-state index contributed by atoms with van der Waals surface area (Å²) in [6.07, 6.45) is -0.235. The molecule has 0 unspecified atom stereocenters. The number of rotatable bonds is 5. The number of carbonyl (C=O) groups is 1. The molecule has 9 nitrogen and oxygen atoms in total. The molecule has 1 aliphatic heterocycles. The van der Waals surface area contributed by atoms with Crippen LogP contribution in [0, 0.1) is 0 Å². The van der Waals surface area contributed by atoms with Crippen molar-refractivity contribution in [1.29, 1.82) is 0 Å². The third-order valence-electron chi connectivity index (χ3n) is 4.25. The molecule has 0 aromatic carbocycles. The molecule has 4 N–H and O–H groups in total. The molecular weight excluding hydrogens is 380 g/mol. The normalized spacial score (nSPS) is 21.7. The highest BCUT2D eigenvalue weighted by Gasteiger charge is 2.31. The number of H-pyrrole nitrogens is 1. The van der Waals surface area contributed by atoms with Gasteiger partial charge in [-0.05, 0) is 19.8 Å². The van der Waals surface area contributed by atoms with Gasteiger partial charge in [0.1, 0.15) is 11.1 Å². The van der Waals surface area contributed by atoms with E-state index in [0.717, 1.165) is 0 Å². The van der Waals surface area contributed by atoms with E-state index in [9.17, 15) is 15.0 Å². The third-order valence-corrected chi connectivity index (χ3v) is 5.72. The minimum absolute atomic E-state index is 0.146. The molecule has 1 fully saturated rings. The van der Waals surface area contributed by atoms with Gasteiger partial charge in [0.2, 0.25) is 5.13 Å². The van der Waals surface area contributed by atoms with Crippen LogP contribution in [0.15, 0.2) is 0 Å². The third kappa shape index (κ3) is 3.98. The summed E-state index contributed by atoms with van der Waals surface area (Å²) in [5.74, 6) is -0.247. The van der Waals surface area contributed by atoms with Crippen molar-refractivity contribution in [2.75, 3.05) is 18.0 Å². The number of nitrogens with one attached hydrogen (secondary N) is 2. The average Bonchev–Trinajstić information content (AvgIpc) is 3.23. The van der Waals surface area contributed by atoms with Crippen LogP contribution >= 0.6 is 22.9 Å². The van der Waals surface area contributed by atoms with E-state index in [-0.39, 0.29) is 5.82 Å². The van der Waals surface area contributed by atoms with Gasteiger partial charge in [-0.2, -0.15) is 0 Å². The van der Waals surface area contributed by atoms with E-state index >= 15 is 0 Å². The molecule has 0 saturated carbocycles. The first-order chi connectivity index (χ1) is 12.4. The number of β-amino-alcohol motifs (C(OH)–C–C–N with tert-alkyl or cyclic N) is 1. The van der Waals surface area contributed by atoms with Crippen molar-refractivity contribution >= 4 is 34.0 Å². The van der Waals surface area contributed by atoms with Crippen LogP contribution in [-0.2, 0) is 6.42 Å². The van der Waals surface area contributed by atoms with Crippen LogP contribution in [0.2, 0.25) is 5.15 Å². The first kappa shape index (κ1) is 19.0. The molecule has 2 aromatic rings. The lowest BCUT2D eigenvalue weighted by Gasteiger charge is -2.35. The van der Waals surface area contributed by atoms with E-state index in [0.29, 0.717) is 46.9 Å². The molecule has 142 valence electrons. The van der Waals surface area contributed by atoms with Crippen LogP contribution in [0.5, 0.6) is 0 Å². The Morgan fingerprint density at radius 2 is 2.31 bits per heavy atom. The highest BCUT2D eigenvalue weighted by Crippen LogP contribution is 2.27. The number of amides is 1. The van der Waals surface area contributed by atoms with Crippen molar-refractivity contribution in [3.8, 4) is 0 Å². The summed E-state index contributed by atoms with van der Waals surface area (Å²) in [6, 6.07) is -0.392. The molecule has 1 amide bonds. The van der Waals surface area contributed by atoms with E-state index in [2.05, 4.69) is 25.5 Å². The number of nitrogens with zero attached hydrogens (tertiary/aromatic N) is 4. The van der Waals surface area contributed by atoms with Crippen LogP contribution in [0.4, 0.5) is 5.13 Å². The van der Waals surface area contributed by atoms with Gasteiger partial charge in [0, 0.05) is 13.1 Å². The van der Waals surface area contributed by atoms with Gasteiger partial charge in [-0.1, -0.05) is 29.9 Å². The minimum Gasteiger partial charge on any atom is -0.389 e. The van der Waals surface area contributed by atoms with Crippen LogP contribution in [0.25, 0.3) is 0 Å².